The zero-order chi connectivity index (χ0) is 16.0. The van der Waals surface area contributed by atoms with Gasteiger partial charge in [-0.25, -0.2) is 17.9 Å². The summed E-state index contributed by atoms with van der Waals surface area (Å²) in [7, 11) is -4.13. The van der Waals surface area contributed by atoms with Crippen molar-refractivity contribution in [3.05, 3.63) is 22.4 Å². The van der Waals surface area contributed by atoms with Gasteiger partial charge in [0.25, 0.3) is 0 Å². The largest absolute Gasteiger partial charge is 0.492 e. The molecule has 1 aromatic rings. The van der Waals surface area contributed by atoms with Crippen LogP contribution in [0.25, 0.3) is 0 Å². The average molecular weight is 384 g/mol. The summed E-state index contributed by atoms with van der Waals surface area (Å²) in [4.78, 5) is 9.70. The Morgan fingerprint density at radius 1 is 1.33 bits per heavy atom. The number of carbonyl (C=O) groups is 1. The van der Waals surface area contributed by atoms with Crippen molar-refractivity contribution >= 4 is 31.9 Å². The number of carboxylic acid groups (broad SMARTS) is 1. The van der Waals surface area contributed by atoms with Crippen molar-refractivity contribution in [2.24, 2.45) is 5.14 Å². The van der Waals surface area contributed by atoms with Gasteiger partial charge in [-0.3, -0.25) is 4.79 Å². The van der Waals surface area contributed by atoms with Crippen LogP contribution in [0.3, 0.4) is 0 Å². The maximum atomic E-state index is 13.6. The van der Waals surface area contributed by atoms with Crippen LogP contribution >= 0.6 is 15.9 Å². The van der Waals surface area contributed by atoms with E-state index in [0.29, 0.717) is 19.3 Å². The lowest BCUT2D eigenvalue weighted by atomic mass is 10.2. The van der Waals surface area contributed by atoms with Gasteiger partial charge in [-0.1, -0.05) is 0 Å². The third kappa shape index (κ3) is 5.98. The summed E-state index contributed by atoms with van der Waals surface area (Å²) in [5.41, 5.74) is 0. The van der Waals surface area contributed by atoms with E-state index >= 15 is 0 Å². The Morgan fingerprint density at radius 2 is 2.00 bits per heavy atom. The fourth-order valence-electron chi connectivity index (χ4n) is 1.58. The second-order valence-electron chi connectivity index (χ2n) is 4.31. The summed E-state index contributed by atoms with van der Waals surface area (Å²) in [5.74, 6) is -1.67. The summed E-state index contributed by atoms with van der Waals surface area (Å²) in [5, 5.41) is 13.3. The van der Waals surface area contributed by atoms with Crippen molar-refractivity contribution in [1.82, 2.24) is 0 Å². The van der Waals surface area contributed by atoms with Crippen molar-refractivity contribution in [2.75, 3.05) is 6.61 Å². The number of hydrogen-bond donors (Lipinski definition) is 2. The van der Waals surface area contributed by atoms with Crippen LogP contribution in [-0.4, -0.2) is 26.1 Å². The van der Waals surface area contributed by atoms with E-state index in [1.807, 2.05) is 0 Å². The SMILES string of the molecule is NS(=O)(=O)c1cc(Br)c(OCCCCCC(=O)O)cc1F. The molecule has 9 heteroatoms. The zero-order valence-electron chi connectivity index (χ0n) is 11.0. The number of unbranched alkanes of at least 4 members (excludes halogenated alkanes) is 2. The number of benzene rings is 1. The lowest BCUT2D eigenvalue weighted by Crippen LogP contribution is -2.14. The molecule has 0 unspecified atom stereocenters. The molecule has 0 saturated heterocycles. The minimum Gasteiger partial charge on any atom is -0.492 e. The Kier molecular flexibility index (Phi) is 6.56. The van der Waals surface area contributed by atoms with Crippen LogP contribution in [0.5, 0.6) is 5.75 Å². The molecule has 0 aliphatic heterocycles. The van der Waals surface area contributed by atoms with Crippen molar-refractivity contribution in [1.29, 1.82) is 0 Å². The van der Waals surface area contributed by atoms with Gasteiger partial charge in [-0.15, -0.1) is 0 Å². The molecule has 0 saturated carbocycles. The second kappa shape index (κ2) is 7.71. The molecule has 0 aromatic heterocycles. The van der Waals surface area contributed by atoms with E-state index in [4.69, 9.17) is 15.0 Å². The number of nitrogens with two attached hydrogens (primary N) is 1. The fraction of sp³-hybridized carbons (Fsp3) is 0.417. The van der Waals surface area contributed by atoms with Crippen LogP contribution in [0.4, 0.5) is 4.39 Å². The zero-order valence-corrected chi connectivity index (χ0v) is 13.4. The van der Waals surface area contributed by atoms with Gasteiger partial charge in [0.05, 0.1) is 11.1 Å². The molecule has 0 heterocycles. The van der Waals surface area contributed by atoms with E-state index in [1.165, 1.54) is 0 Å². The molecule has 0 spiro atoms. The highest BCUT2D eigenvalue weighted by Crippen LogP contribution is 2.30. The number of sulfonamides is 1. The van der Waals surface area contributed by atoms with Crippen LogP contribution in [0.15, 0.2) is 21.5 Å². The van der Waals surface area contributed by atoms with Crippen molar-refractivity contribution in [3.8, 4) is 5.75 Å². The molecule has 0 aliphatic carbocycles. The first-order chi connectivity index (χ1) is 9.71. The van der Waals surface area contributed by atoms with Crippen LogP contribution in [0.1, 0.15) is 25.7 Å². The first-order valence-corrected chi connectivity index (χ1v) is 8.42. The Hall–Kier alpha value is -1.19. The number of aliphatic carboxylic acids is 1. The first kappa shape index (κ1) is 17.9. The number of carboxylic acids is 1. The van der Waals surface area contributed by atoms with E-state index in [-0.39, 0.29) is 23.2 Å². The topological polar surface area (TPSA) is 107 Å². The molecule has 0 fully saturated rings. The monoisotopic (exact) mass is 383 g/mol. The molecule has 118 valence electrons. The second-order valence-corrected chi connectivity index (χ2v) is 6.70. The van der Waals surface area contributed by atoms with Crippen LogP contribution < -0.4 is 9.88 Å². The van der Waals surface area contributed by atoms with Crippen molar-refractivity contribution in [2.45, 2.75) is 30.6 Å². The summed E-state index contributed by atoms with van der Waals surface area (Å²) in [6, 6.07) is 1.99. The van der Waals surface area contributed by atoms with Gasteiger partial charge in [-0.05, 0) is 41.3 Å². The third-order valence-corrected chi connectivity index (χ3v) is 4.13. The number of rotatable bonds is 8. The number of primary sulfonamides is 1. The van der Waals surface area contributed by atoms with Gasteiger partial charge in [0.1, 0.15) is 16.5 Å². The number of halogens is 2. The van der Waals surface area contributed by atoms with Crippen LogP contribution in [0.2, 0.25) is 0 Å². The quantitative estimate of drug-likeness (QED) is 0.669. The molecule has 0 bridgehead atoms. The van der Waals surface area contributed by atoms with Crippen LogP contribution in [-0.2, 0) is 14.8 Å². The fourth-order valence-corrected chi connectivity index (χ4v) is 2.80. The van der Waals surface area contributed by atoms with E-state index < -0.39 is 26.7 Å². The molecule has 0 aliphatic rings. The number of hydrogen-bond acceptors (Lipinski definition) is 4. The molecule has 6 nitrogen and oxygen atoms in total. The van der Waals surface area contributed by atoms with Crippen LogP contribution in [0, 0.1) is 5.82 Å². The van der Waals surface area contributed by atoms with Gasteiger partial charge < -0.3 is 9.84 Å². The highest BCUT2D eigenvalue weighted by Gasteiger charge is 2.17. The summed E-state index contributed by atoms with van der Waals surface area (Å²) < 4.78 is 41.5. The minimum atomic E-state index is -4.13. The predicted octanol–water partition coefficient (Wildman–Crippen LogP) is 2.26. The molecule has 3 N–H and O–H groups in total. The Balaban J connectivity index is 2.57. The lowest BCUT2D eigenvalue weighted by molar-refractivity contribution is -0.137. The van der Waals surface area contributed by atoms with Gasteiger partial charge in [-0.2, -0.15) is 0 Å². The van der Waals surface area contributed by atoms with Gasteiger partial charge in [0.15, 0.2) is 0 Å². The Morgan fingerprint density at radius 3 is 2.57 bits per heavy atom. The molecule has 21 heavy (non-hydrogen) atoms. The highest BCUT2D eigenvalue weighted by atomic mass is 79.9. The lowest BCUT2D eigenvalue weighted by Gasteiger charge is -2.10. The van der Waals surface area contributed by atoms with E-state index in [9.17, 15) is 17.6 Å². The van der Waals surface area contributed by atoms with Gasteiger partial charge in [0.2, 0.25) is 10.0 Å². The molecular formula is C12H15BrFNO5S. The maximum absolute atomic E-state index is 13.6. The molecule has 1 rings (SSSR count). The van der Waals surface area contributed by atoms with Gasteiger partial charge >= 0.3 is 5.97 Å². The van der Waals surface area contributed by atoms with E-state index in [1.54, 1.807) is 0 Å². The smallest absolute Gasteiger partial charge is 0.303 e. The molecule has 0 radical (unpaired) electrons. The average Bonchev–Trinajstić information content (AvgIpc) is 2.35. The minimum absolute atomic E-state index is 0.0986. The summed E-state index contributed by atoms with van der Waals surface area (Å²) >= 11 is 3.09. The predicted molar refractivity (Wildman–Crippen MR) is 77.1 cm³/mol. The summed E-state index contributed by atoms with van der Waals surface area (Å²) in [6.07, 6.45) is 1.92. The highest BCUT2D eigenvalue weighted by molar-refractivity contribution is 9.10. The van der Waals surface area contributed by atoms with Gasteiger partial charge in [0, 0.05) is 12.5 Å². The molecule has 0 amide bonds. The maximum Gasteiger partial charge on any atom is 0.303 e. The Labute approximate surface area is 130 Å². The van der Waals surface area contributed by atoms with E-state index in [2.05, 4.69) is 15.9 Å². The standard InChI is InChI=1S/C12H15BrFNO5S/c13-8-6-11(21(15,18)19)9(14)7-10(8)20-5-3-1-2-4-12(16)17/h6-7H,1-5H2,(H,16,17)(H2,15,18,19). The van der Waals surface area contributed by atoms with E-state index in [0.717, 1.165) is 12.1 Å². The molecular weight excluding hydrogens is 369 g/mol. The normalized spacial score (nSPS) is 11.4. The molecule has 1 aromatic carbocycles. The third-order valence-electron chi connectivity index (χ3n) is 2.59. The first-order valence-electron chi connectivity index (χ1n) is 6.08. The number of ether oxygens (including phenoxy) is 1. The van der Waals surface area contributed by atoms with Crippen molar-refractivity contribution < 1.29 is 27.4 Å². The summed E-state index contributed by atoms with van der Waals surface area (Å²) in [6.45, 7) is 0.270. The Bertz CT molecular complexity index is 620. The van der Waals surface area contributed by atoms with Crippen molar-refractivity contribution in [3.63, 3.8) is 0 Å². The molecule has 0 atom stereocenters.